The van der Waals surface area contributed by atoms with Crippen molar-refractivity contribution >= 4 is 17.6 Å². The molecule has 3 N–H and O–H groups in total. The van der Waals surface area contributed by atoms with Crippen LogP contribution in [0.15, 0.2) is 23.2 Å². The number of halogens is 3. The third kappa shape index (κ3) is 3.63. The van der Waals surface area contributed by atoms with Crippen LogP contribution < -0.4 is 15.8 Å². The molecule has 2 heterocycles. The van der Waals surface area contributed by atoms with Crippen LogP contribution in [0.3, 0.4) is 0 Å². The number of aliphatic imine (C=N–C) groups is 1. The molecule has 0 spiro atoms. The van der Waals surface area contributed by atoms with E-state index < -0.39 is 36.0 Å². The highest BCUT2D eigenvalue weighted by Gasteiger charge is 2.46. The van der Waals surface area contributed by atoms with Crippen LogP contribution in [0.4, 0.5) is 23.7 Å². The van der Waals surface area contributed by atoms with Crippen LogP contribution >= 0.6 is 0 Å². The van der Waals surface area contributed by atoms with Crippen molar-refractivity contribution in [3.05, 3.63) is 35.3 Å². The number of carbonyl (C=O) groups is 1. The number of benzene rings is 1. The van der Waals surface area contributed by atoms with Crippen molar-refractivity contribution in [2.75, 3.05) is 18.5 Å². The Morgan fingerprint density at radius 1 is 1.46 bits per heavy atom. The van der Waals surface area contributed by atoms with Gasteiger partial charge in [0.1, 0.15) is 18.3 Å². The number of amidine groups is 1. The van der Waals surface area contributed by atoms with E-state index in [4.69, 9.17) is 15.2 Å². The molecule has 0 aliphatic carbocycles. The van der Waals surface area contributed by atoms with E-state index in [2.05, 4.69) is 20.6 Å². The maximum absolute atomic E-state index is 14.4. The molecule has 28 heavy (non-hydrogen) atoms. The van der Waals surface area contributed by atoms with Crippen molar-refractivity contribution in [1.29, 1.82) is 0 Å². The Morgan fingerprint density at radius 3 is 2.82 bits per heavy atom. The molecular formula is C16H17F3N6O3. The minimum Gasteiger partial charge on any atom is -0.387 e. The van der Waals surface area contributed by atoms with Crippen molar-refractivity contribution in [1.82, 2.24) is 15.0 Å². The summed E-state index contributed by atoms with van der Waals surface area (Å²) in [5, 5.41) is 9.68. The summed E-state index contributed by atoms with van der Waals surface area (Å²) in [5.74, 6) is -1.14. The van der Waals surface area contributed by atoms with Crippen LogP contribution in [0.25, 0.3) is 0 Å². The first-order valence-electron chi connectivity index (χ1n) is 8.08. The lowest BCUT2D eigenvalue weighted by Gasteiger charge is -2.33. The summed E-state index contributed by atoms with van der Waals surface area (Å²) in [6.45, 7) is 0.948. The second kappa shape index (κ2) is 7.46. The Balaban J connectivity index is 1.88. The number of nitrogens with one attached hydrogen (secondary N) is 1. The lowest BCUT2D eigenvalue weighted by Crippen LogP contribution is -2.45. The first-order valence-corrected chi connectivity index (χ1v) is 8.08. The lowest BCUT2D eigenvalue weighted by atomic mass is 9.90. The number of rotatable bonds is 4. The molecule has 0 saturated heterocycles. The smallest absolute Gasteiger partial charge is 0.387 e. The van der Waals surface area contributed by atoms with Crippen LogP contribution in [0.1, 0.15) is 11.3 Å². The Kier molecular flexibility index (Phi) is 5.23. The van der Waals surface area contributed by atoms with Crippen LogP contribution in [0.5, 0.6) is 5.88 Å². The molecule has 1 atom stereocenters. The van der Waals surface area contributed by atoms with E-state index in [9.17, 15) is 18.0 Å². The van der Waals surface area contributed by atoms with Gasteiger partial charge in [-0.05, 0) is 25.1 Å². The maximum atomic E-state index is 14.4. The average Bonchev–Trinajstić information content (AvgIpc) is 2.95. The predicted molar refractivity (Wildman–Crippen MR) is 91.9 cm³/mol. The van der Waals surface area contributed by atoms with Crippen molar-refractivity contribution < 1.29 is 27.4 Å². The Hall–Kier alpha value is -3.15. The van der Waals surface area contributed by atoms with Gasteiger partial charge in [-0.25, -0.2) is 22.6 Å². The number of amides is 1. The Bertz CT molecular complexity index is 932. The van der Waals surface area contributed by atoms with Gasteiger partial charge < -0.3 is 15.2 Å². The number of nitrogens with two attached hydrogens (primary N) is 1. The molecule has 1 aromatic heterocycles. The van der Waals surface area contributed by atoms with Gasteiger partial charge in [-0.3, -0.25) is 10.3 Å². The minimum atomic E-state index is -3.09. The third-order valence-corrected chi connectivity index (χ3v) is 4.21. The molecule has 0 unspecified atom stereocenters. The summed E-state index contributed by atoms with van der Waals surface area (Å²) in [6, 6.07) is 3.17. The van der Waals surface area contributed by atoms with E-state index in [1.807, 2.05) is 0 Å². The van der Waals surface area contributed by atoms with E-state index in [1.165, 1.54) is 10.7 Å². The molecule has 0 saturated carbocycles. The lowest BCUT2D eigenvalue weighted by molar-refractivity contribution is -0.0145. The number of carbonyl (C=O) groups excluding carboxylic acids is 1. The maximum Gasteiger partial charge on any atom is 0.418 e. The van der Waals surface area contributed by atoms with Gasteiger partial charge in [0.05, 0.1) is 12.3 Å². The fourth-order valence-electron chi connectivity index (χ4n) is 2.65. The molecule has 1 amide bonds. The van der Waals surface area contributed by atoms with Gasteiger partial charge in [0.15, 0.2) is 5.54 Å². The van der Waals surface area contributed by atoms with E-state index in [1.54, 1.807) is 14.0 Å². The van der Waals surface area contributed by atoms with Crippen LogP contribution in [-0.4, -0.2) is 46.6 Å². The van der Waals surface area contributed by atoms with E-state index in [0.29, 0.717) is 5.69 Å². The molecule has 0 bridgehead atoms. The van der Waals surface area contributed by atoms with Crippen LogP contribution in [0, 0.1) is 12.7 Å². The number of hydrogen-bond donors (Lipinski definition) is 2. The molecule has 1 aliphatic heterocycles. The SMILES string of the molecule is Cc1c(OC(=O)Nc2ccc(F)c([C@]3(C(F)F)COCC(N)=N3)c2)nnn1C. The fourth-order valence-corrected chi connectivity index (χ4v) is 2.65. The summed E-state index contributed by atoms with van der Waals surface area (Å²) >= 11 is 0. The molecule has 12 heteroatoms. The van der Waals surface area contributed by atoms with Crippen LogP contribution in [0.2, 0.25) is 0 Å². The number of alkyl halides is 2. The largest absolute Gasteiger partial charge is 0.418 e. The molecule has 2 aromatic rings. The molecule has 150 valence electrons. The zero-order valence-electron chi connectivity index (χ0n) is 14.9. The highest BCUT2D eigenvalue weighted by Crippen LogP contribution is 2.37. The first-order chi connectivity index (χ1) is 13.2. The van der Waals surface area contributed by atoms with E-state index in [0.717, 1.165) is 12.1 Å². The molecule has 1 aliphatic rings. The molecule has 0 fully saturated rings. The Labute approximate surface area is 157 Å². The second-order valence-electron chi connectivity index (χ2n) is 6.13. The average molecular weight is 398 g/mol. The van der Waals surface area contributed by atoms with E-state index in [-0.39, 0.29) is 24.0 Å². The van der Waals surface area contributed by atoms with Crippen molar-refractivity contribution in [2.45, 2.75) is 18.9 Å². The van der Waals surface area contributed by atoms with E-state index >= 15 is 0 Å². The quantitative estimate of drug-likeness (QED) is 0.810. The second-order valence-corrected chi connectivity index (χ2v) is 6.13. The molecule has 9 nitrogen and oxygen atoms in total. The number of aryl methyl sites for hydroxylation is 1. The summed E-state index contributed by atoms with van der Waals surface area (Å²) in [6.07, 6.45) is -4.04. The first kappa shape index (κ1) is 19.6. The Morgan fingerprint density at radius 2 is 2.21 bits per heavy atom. The zero-order chi connectivity index (χ0) is 20.5. The number of hydrogen-bond acceptors (Lipinski definition) is 7. The molecule has 3 rings (SSSR count). The van der Waals surface area contributed by atoms with Gasteiger partial charge in [-0.2, -0.15) is 0 Å². The highest BCUT2D eigenvalue weighted by molar-refractivity contribution is 5.86. The summed E-state index contributed by atoms with van der Waals surface area (Å²) in [7, 11) is 1.61. The number of anilines is 1. The minimum absolute atomic E-state index is 0.0160. The molecule has 0 radical (unpaired) electrons. The molecule has 1 aromatic carbocycles. The summed E-state index contributed by atoms with van der Waals surface area (Å²) < 4.78 is 53.4. The van der Waals surface area contributed by atoms with Gasteiger partial charge in [-0.15, -0.1) is 0 Å². The van der Waals surface area contributed by atoms with Gasteiger partial charge in [0, 0.05) is 18.3 Å². The van der Waals surface area contributed by atoms with Crippen molar-refractivity contribution in [3.8, 4) is 5.88 Å². The van der Waals surface area contributed by atoms with Crippen molar-refractivity contribution in [2.24, 2.45) is 17.8 Å². The number of nitrogens with zero attached hydrogens (tertiary/aromatic N) is 4. The third-order valence-electron chi connectivity index (χ3n) is 4.21. The highest BCUT2D eigenvalue weighted by atomic mass is 19.3. The van der Waals surface area contributed by atoms with Crippen molar-refractivity contribution in [3.63, 3.8) is 0 Å². The summed E-state index contributed by atoms with van der Waals surface area (Å²) in [4.78, 5) is 15.8. The van der Waals surface area contributed by atoms with Gasteiger partial charge in [-0.1, -0.05) is 10.3 Å². The van der Waals surface area contributed by atoms with Crippen LogP contribution in [-0.2, 0) is 17.3 Å². The van der Waals surface area contributed by atoms with Gasteiger partial charge in [0.25, 0.3) is 12.3 Å². The monoisotopic (exact) mass is 398 g/mol. The normalized spacial score (nSPS) is 19.4. The summed E-state index contributed by atoms with van der Waals surface area (Å²) in [5.41, 5.74) is 3.26. The predicted octanol–water partition coefficient (Wildman–Crippen LogP) is 1.72. The molecular weight excluding hydrogens is 381 g/mol. The van der Waals surface area contributed by atoms with Gasteiger partial charge in [0.2, 0.25) is 0 Å². The van der Waals surface area contributed by atoms with Gasteiger partial charge >= 0.3 is 6.09 Å². The zero-order valence-corrected chi connectivity index (χ0v) is 14.9. The number of aromatic nitrogens is 3. The standard InChI is InChI=1S/C16H17F3N6O3/c1-8-13(23-24-25(8)2)28-15(26)21-9-3-4-11(17)10(5-9)16(14(18)19)7-27-6-12(20)22-16/h3-5,14H,6-7H2,1-2H3,(H2,20,22)(H,21,26)/t16-/m0/s1. The number of ether oxygens (including phenoxy) is 2. The topological polar surface area (TPSA) is 117 Å². The fraction of sp³-hybridized carbons (Fsp3) is 0.375.